The van der Waals surface area contributed by atoms with Gasteiger partial charge < -0.3 is 14.3 Å². The topological polar surface area (TPSA) is 83.8 Å². The van der Waals surface area contributed by atoms with E-state index in [2.05, 4.69) is 6.92 Å². The second-order valence-electron chi connectivity index (χ2n) is 9.72. The molecule has 0 radical (unpaired) electrons. The minimum Gasteiger partial charge on any atom is -0.328 e. The van der Waals surface area contributed by atoms with Crippen LogP contribution in [0.1, 0.15) is 110 Å². The Morgan fingerprint density at radius 3 is 1.47 bits per heavy atom. The molecule has 2 N–H and O–H groups in total. The maximum Gasteiger partial charge on any atom is 0.470 e. The first-order valence-corrected chi connectivity index (χ1v) is 13.7. The van der Waals surface area contributed by atoms with Gasteiger partial charge in [0.1, 0.15) is 6.54 Å². The van der Waals surface area contributed by atoms with E-state index in [4.69, 9.17) is 14.3 Å². The Morgan fingerprint density at radius 2 is 1.13 bits per heavy atom. The lowest BCUT2D eigenvalue weighted by Crippen LogP contribution is -2.45. The van der Waals surface area contributed by atoms with Crippen LogP contribution in [0.2, 0.25) is 0 Å². The number of ketones is 1. The van der Waals surface area contributed by atoms with Crippen molar-refractivity contribution in [1.29, 1.82) is 0 Å². The maximum atomic E-state index is 12.4. The molecule has 0 amide bonds. The highest BCUT2D eigenvalue weighted by atomic mass is 31.2. The Bertz CT molecular complexity index is 473. The van der Waals surface area contributed by atoms with Crippen molar-refractivity contribution in [2.45, 2.75) is 116 Å². The SMILES string of the molecule is CCCCCCCCCCCCCCCCCC(=O)C(C[N+](C)(C)C)OP(=O)(O)O. The minimum atomic E-state index is -4.67. The average molecular weight is 451 g/mol. The molecule has 1 atom stereocenters. The van der Waals surface area contributed by atoms with E-state index >= 15 is 0 Å². The third-order valence-electron chi connectivity index (χ3n) is 5.36. The van der Waals surface area contributed by atoms with Gasteiger partial charge in [0.15, 0.2) is 11.9 Å². The van der Waals surface area contributed by atoms with E-state index in [1.54, 1.807) is 0 Å². The van der Waals surface area contributed by atoms with Crippen LogP contribution in [0, 0.1) is 0 Å². The number of quaternary nitrogens is 1. The Balaban J connectivity index is 3.69. The predicted octanol–water partition coefficient (Wildman–Crippen LogP) is 6.00. The molecule has 0 aromatic carbocycles. The highest BCUT2D eigenvalue weighted by Crippen LogP contribution is 2.38. The highest BCUT2D eigenvalue weighted by Gasteiger charge is 2.32. The molecule has 0 bridgehead atoms. The van der Waals surface area contributed by atoms with Crippen LogP contribution in [0.15, 0.2) is 0 Å². The molecule has 0 aliphatic heterocycles. The highest BCUT2D eigenvalue weighted by molar-refractivity contribution is 7.46. The van der Waals surface area contributed by atoms with Crippen molar-refractivity contribution in [3.05, 3.63) is 0 Å². The van der Waals surface area contributed by atoms with E-state index in [-0.39, 0.29) is 12.3 Å². The fourth-order valence-electron chi connectivity index (χ4n) is 3.69. The lowest BCUT2D eigenvalue weighted by Gasteiger charge is -2.28. The van der Waals surface area contributed by atoms with E-state index < -0.39 is 13.9 Å². The zero-order chi connectivity index (χ0) is 22.9. The predicted molar refractivity (Wildman–Crippen MR) is 124 cm³/mol. The second-order valence-corrected chi connectivity index (χ2v) is 10.9. The molecule has 7 heteroatoms. The van der Waals surface area contributed by atoms with E-state index in [1.807, 2.05) is 21.1 Å². The van der Waals surface area contributed by atoms with Crippen LogP contribution in [0.5, 0.6) is 0 Å². The lowest BCUT2D eigenvalue weighted by atomic mass is 10.0. The van der Waals surface area contributed by atoms with E-state index in [0.29, 0.717) is 10.9 Å². The van der Waals surface area contributed by atoms with Crippen LogP contribution in [-0.4, -0.2) is 53.8 Å². The summed E-state index contributed by atoms with van der Waals surface area (Å²) in [6, 6.07) is 0. The molecule has 0 fully saturated rings. The zero-order valence-corrected chi connectivity index (χ0v) is 21.0. The van der Waals surface area contributed by atoms with Gasteiger partial charge in [-0.05, 0) is 6.42 Å². The van der Waals surface area contributed by atoms with Gasteiger partial charge in [0.25, 0.3) is 0 Å². The smallest absolute Gasteiger partial charge is 0.328 e. The number of hydrogen-bond donors (Lipinski definition) is 2. The van der Waals surface area contributed by atoms with Crippen molar-refractivity contribution in [2.24, 2.45) is 0 Å². The van der Waals surface area contributed by atoms with Gasteiger partial charge in [0.05, 0.1) is 21.1 Å². The van der Waals surface area contributed by atoms with Gasteiger partial charge in [-0.1, -0.05) is 96.8 Å². The summed E-state index contributed by atoms with van der Waals surface area (Å²) in [5.74, 6) is -0.207. The second kappa shape index (κ2) is 17.3. The van der Waals surface area contributed by atoms with Crippen molar-refractivity contribution in [2.75, 3.05) is 27.7 Å². The Labute approximate surface area is 185 Å². The molecule has 6 nitrogen and oxygen atoms in total. The number of rotatable bonds is 21. The van der Waals surface area contributed by atoms with E-state index in [1.165, 1.54) is 77.0 Å². The molecule has 0 saturated heterocycles. The normalized spacial score (nSPS) is 13.5. The van der Waals surface area contributed by atoms with Crippen LogP contribution < -0.4 is 0 Å². The van der Waals surface area contributed by atoms with Gasteiger partial charge in [-0.3, -0.25) is 9.32 Å². The molecule has 0 aromatic rings. The zero-order valence-electron chi connectivity index (χ0n) is 20.1. The molecular formula is C23H49NO5P+. The number of unbranched alkanes of at least 4 members (excludes halogenated alkanes) is 14. The van der Waals surface area contributed by atoms with E-state index in [9.17, 15) is 9.36 Å². The van der Waals surface area contributed by atoms with Gasteiger partial charge in [0.2, 0.25) is 0 Å². The van der Waals surface area contributed by atoms with Crippen LogP contribution in [0.4, 0.5) is 0 Å². The number of carbonyl (C=O) groups excluding carboxylic acids is 1. The maximum absolute atomic E-state index is 12.4. The number of likely N-dealkylation sites (N-methyl/N-ethyl adjacent to an activating group) is 1. The van der Waals surface area contributed by atoms with Crippen molar-refractivity contribution in [3.63, 3.8) is 0 Å². The number of Topliss-reactive ketones (excluding diaryl/α,β-unsaturated/α-hetero) is 1. The number of hydrogen-bond acceptors (Lipinski definition) is 3. The van der Waals surface area contributed by atoms with Gasteiger partial charge in [0, 0.05) is 6.42 Å². The molecule has 0 rings (SSSR count). The average Bonchev–Trinajstić information content (AvgIpc) is 2.62. The molecule has 0 aromatic heterocycles. The van der Waals surface area contributed by atoms with Crippen LogP contribution >= 0.6 is 7.82 Å². The van der Waals surface area contributed by atoms with Crippen molar-refractivity contribution >= 4 is 13.6 Å². The molecule has 1 unspecified atom stereocenters. The Kier molecular flexibility index (Phi) is 17.2. The van der Waals surface area contributed by atoms with Gasteiger partial charge >= 0.3 is 7.82 Å². The number of carbonyl (C=O) groups is 1. The van der Waals surface area contributed by atoms with Crippen LogP contribution in [0.25, 0.3) is 0 Å². The van der Waals surface area contributed by atoms with Crippen molar-refractivity contribution in [1.82, 2.24) is 0 Å². The molecule has 0 heterocycles. The Morgan fingerprint density at radius 1 is 0.767 bits per heavy atom. The summed E-state index contributed by atoms with van der Waals surface area (Å²) < 4.78 is 16.3. The number of nitrogens with zero attached hydrogens (tertiary/aromatic N) is 1. The first kappa shape index (κ1) is 29.7. The first-order valence-electron chi connectivity index (χ1n) is 12.1. The van der Waals surface area contributed by atoms with Gasteiger partial charge in [-0.25, -0.2) is 4.57 Å². The number of phosphoric acid groups is 1. The van der Waals surface area contributed by atoms with Crippen LogP contribution in [-0.2, 0) is 13.9 Å². The summed E-state index contributed by atoms with van der Waals surface area (Å²) in [6.45, 7) is 2.51. The van der Waals surface area contributed by atoms with Crippen LogP contribution in [0.3, 0.4) is 0 Å². The third-order valence-corrected chi connectivity index (χ3v) is 5.89. The fourth-order valence-corrected chi connectivity index (χ4v) is 4.20. The third kappa shape index (κ3) is 21.0. The standard InChI is InChI=1S/C23H48NO5P/c1-5-6-7-8-9-10-11-12-13-14-15-16-17-18-19-20-22(25)23(21-24(2,3)4)29-30(26,27)28/h23H,5-21H2,1-4H3,(H-,26,27,28)/p+1. The Hall–Kier alpha value is -0.260. The molecule has 30 heavy (non-hydrogen) atoms. The summed E-state index contributed by atoms with van der Waals surface area (Å²) in [5.41, 5.74) is 0. The lowest BCUT2D eigenvalue weighted by molar-refractivity contribution is -0.872. The molecule has 180 valence electrons. The summed E-state index contributed by atoms with van der Waals surface area (Å²) >= 11 is 0. The molecule has 0 aliphatic carbocycles. The minimum absolute atomic E-state index is 0.207. The molecule has 0 aliphatic rings. The summed E-state index contributed by atoms with van der Waals surface area (Å²) in [6.07, 6.45) is 18.2. The van der Waals surface area contributed by atoms with Crippen molar-refractivity contribution in [3.8, 4) is 0 Å². The molecular weight excluding hydrogens is 401 g/mol. The first-order chi connectivity index (χ1) is 14.0. The largest absolute Gasteiger partial charge is 0.470 e. The fraction of sp³-hybridized carbons (Fsp3) is 0.957. The van der Waals surface area contributed by atoms with Gasteiger partial charge in [-0.15, -0.1) is 0 Å². The summed E-state index contributed by atoms with van der Waals surface area (Å²) in [4.78, 5) is 30.5. The monoisotopic (exact) mass is 450 g/mol. The quantitative estimate of drug-likeness (QED) is 0.127. The number of phosphoric ester groups is 1. The van der Waals surface area contributed by atoms with E-state index in [0.717, 1.165) is 19.3 Å². The summed E-state index contributed by atoms with van der Waals surface area (Å²) in [5, 5.41) is 0. The summed E-state index contributed by atoms with van der Waals surface area (Å²) in [7, 11) is 0.948. The van der Waals surface area contributed by atoms with Gasteiger partial charge in [-0.2, -0.15) is 0 Å². The molecule has 0 spiro atoms. The molecule has 0 saturated carbocycles. The van der Waals surface area contributed by atoms with Crippen molar-refractivity contribution < 1.29 is 28.2 Å².